The number of piperidine rings is 2. The van der Waals surface area contributed by atoms with Gasteiger partial charge in [0.2, 0.25) is 11.8 Å². The smallest absolute Gasteiger partial charge is 0.266 e. The summed E-state index contributed by atoms with van der Waals surface area (Å²) in [5.41, 5.74) is 0.433. The van der Waals surface area contributed by atoms with Gasteiger partial charge in [0, 0.05) is 19.0 Å². The lowest BCUT2D eigenvalue weighted by molar-refractivity contribution is -0.136. The molecular formula is C22H28N4O5. The Balaban J connectivity index is 1.39. The number of hydrogen-bond acceptors (Lipinski definition) is 7. The van der Waals surface area contributed by atoms with Crippen molar-refractivity contribution in [2.45, 2.75) is 44.2 Å². The number of imide groups is 2. The zero-order valence-electron chi connectivity index (χ0n) is 17.7. The van der Waals surface area contributed by atoms with Crippen LogP contribution >= 0.6 is 0 Å². The van der Waals surface area contributed by atoms with Gasteiger partial charge in [0.25, 0.3) is 11.8 Å². The van der Waals surface area contributed by atoms with Crippen LogP contribution in [0.5, 0.6) is 5.75 Å². The first kappa shape index (κ1) is 21.5. The first-order chi connectivity index (χ1) is 15.0. The van der Waals surface area contributed by atoms with E-state index in [4.69, 9.17) is 4.74 Å². The summed E-state index contributed by atoms with van der Waals surface area (Å²) < 4.78 is 5.89. The molecule has 1 aromatic rings. The van der Waals surface area contributed by atoms with Crippen molar-refractivity contribution in [3.8, 4) is 5.75 Å². The number of fused-ring (bicyclic) bond motifs is 1. The predicted molar refractivity (Wildman–Crippen MR) is 112 cm³/mol. The highest BCUT2D eigenvalue weighted by molar-refractivity contribution is 6.24. The van der Waals surface area contributed by atoms with E-state index in [1.807, 2.05) is 0 Å². The van der Waals surface area contributed by atoms with E-state index in [1.54, 1.807) is 18.2 Å². The Bertz CT molecular complexity index is 896. The van der Waals surface area contributed by atoms with Crippen molar-refractivity contribution >= 4 is 23.6 Å². The number of amides is 4. The highest BCUT2D eigenvalue weighted by Gasteiger charge is 2.45. The quantitative estimate of drug-likeness (QED) is 0.482. The summed E-state index contributed by atoms with van der Waals surface area (Å²) in [4.78, 5) is 52.8. The highest BCUT2D eigenvalue weighted by atomic mass is 16.5. The number of rotatable bonds is 7. The average molecular weight is 428 g/mol. The fourth-order valence-corrected chi connectivity index (χ4v) is 4.53. The first-order valence-electron chi connectivity index (χ1n) is 10.9. The van der Waals surface area contributed by atoms with Crippen LogP contribution < -0.4 is 15.4 Å². The van der Waals surface area contributed by atoms with Crippen molar-refractivity contribution < 1.29 is 23.9 Å². The summed E-state index contributed by atoms with van der Waals surface area (Å²) in [7, 11) is 2.12. The second-order valence-corrected chi connectivity index (χ2v) is 8.29. The second-order valence-electron chi connectivity index (χ2n) is 8.29. The van der Waals surface area contributed by atoms with Gasteiger partial charge in [-0.1, -0.05) is 6.07 Å². The summed E-state index contributed by atoms with van der Waals surface area (Å²) in [6.45, 7) is 3.39. The molecule has 3 aliphatic heterocycles. The number of nitrogens with zero attached hydrogens (tertiary/aromatic N) is 2. The molecule has 0 aliphatic carbocycles. The molecule has 1 unspecified atom stereocenters. The Morgan fingerprint density at radius 3 is 2.61 bits per heavy atom. The molecule has 2 N–H and O–H groups in total. The molecule has 31 heavy (non-hydrogen) atoms. The lowest BCUT2D eigenvalue weighted by atomic mass is 10.0. The van der Waals surface area contributed by atoms with E-state index in [-0.39, 0.29) is 24.0 Å². The molecule has 0 saturated carbocycles. The fourth-order valence-electron chi connectivity index (χ4n) is 4.53. The van der Waals surface area contributed by atoms with E-state index >= 15 is 0 Å². The lowest BCUT2D eigenvalue weighted by Gasteiger charge is -2.31. The zero-order chi connectivity index (χ0) is 22.0. The molecule has 3 aliphatic rings. The molecule has 1 aromatic carbocycles. The van der Waals surface area contributed by atoms with Crippen molar-refractivity contribution in [2.75, 3.05) is 33.3 Å². The number of ether oxygens (including phenoxy) is 1. The molecule has 9 heteroatoms. The topological polar surface area (TPSA) is 108 Å². The Hall–Kier alpha value is -2.78. The minimum Gasteiger partial charge on any atom is -0.493 e. The molecular weight excluding hydrogens is 400 g/mol. The van der Waals surface area contributed by atoms with Crippen LogP contribution in [0.1, 0.15) is 52.8 Å². The van der Waals surface area contributed by atoms with Crippen molar-refractivity contribution in [1.82, 2.24) is 20.4 Å². The monoisotopic (exact) mass is 428 g/mol. The van der Waals surface area contributed by atoms with Crippen molar-refractivity contribution in [2.24, 2.45) is 0 Å². The number of nitrogens with one attached hydrogen (secondary N) is 2. The van der Waals surface area contributed by atoms with Crippen molar-refractivity contribution in [3.05, 3.63) is 29.3 Å². The molecule has 166 valence electrons. The SMILES string of the molecule is CN(CCCOc1cccc2c1C(=O)N(C1CCC(=O)NC1=O)C2=O)C1CCNCC1. The standard InChI is InChI=1S/C22H28N4O5/c1-25(14-8-10-23-11-9-14)12-3-13-31-17-5-2-4-15-19(17)22(30)26(21(15)29)16-6-7-18(27)24-20(16)28/h2,4-5,14,16,23H,3,6-13H2,1H3,(H,24,27,28). The average Bonchev–Trinajstić information content (AvgIpc) is 3.03. The molecule has 3 heterocycles. The Labute approximate surface area is 181 Å². The maximum absolute atomic E-state index is 13.0. The molecule has 0 bridgehead atoms. The van der Waals surface area contributed by atoms with Gasteiger partial charge in [-0.05, 0) is 58.0 Å². The van der Waals surface area contributed by atoms with Gasteiger partial charge in [-0.2, -0.15) is 0 Å². The van der Waals surface area contributed by atoms with Crippen LogP contribution in [0.2, 0.25) is 0 Å². The second kappa shape index (κ2) is 9.15. The zero-order valence-corrected chi connectivity index (χ0v) is 17.7. The van der Waals surface area contributed by atoms with Crippen LogP contribution in [0.15, 0.2) is 18.2 Å². The molecule has 9 nitrogen and oxygen atoms in total. The minimum atomic E-state index is -0.975. The van der Waals surface area contributed by atoms with E-state index in [1.165, 1.54) is 0 Å². The van der Waals surface area contributed by atoms with Gasteiger partial charge < -0.3 is 15.0 Å². The van der Waals surface area contributed by atoms with E-state index in [2.05, 4.69) is 22.6 Å². The summed E-state index contributed by atoms with van der Waals surface area (Å²) in [5, 5.41) is 5.57. The summed E-state index contributed by atoms with van der Waals surface area (Å²) in [6, 6.07) is 4.52. The third-order valence-electron chi connectivity index (χ3n) is 6.27. The van der Waals surface area contributed by atoms with E-state index in [9.17, 15) is 19.2 Å². The predicted octanol–water partition coefficient (Wildman–Crippen LogP) is 0.541. The van der Waals surface area contributed by atoms with Crippen LogP contribution in [0.3, 0.4) is 0 Å². The van der Waals surface area contributed by atoms with Crippen LogP contribution in [0.25, 0.3) is 0 Å². The Kier molecular flexibility index (Phi) is 6.33. The van der Waals surface area contributed by atoms with Crippen LogP contribution in [0, 0.1) is 0 Å². The maximum atomic E-state index is 13.0. The number of carbonyl (C=O) groups excluding carboxylic acids is 4. The number of carbonyl (C=O) groups is 4. The lowest BCUT2D eigenvalue weighted by Crippen LogP contribution is -2.54. The molecule has 0 radical (unpaired) electrons. The van der Waals surface area contributed by atoms with Crippen LogP contribution in [0.4, 0.5) is 0 Å². The van der Waals surface area contributed by atoms with Gasteiger partial charge in [0.1, 0.15) is 11.8 Å². The maximum Gasteiger partial charge on any atom is 0.266 e. The molecule has 4 amide bonds. The Morgan fingerprint density at radius 2 is 1.87 bits per heavy atom. The van der Waals surface area contributed by atoms with Gasteiger partial charge in [-0.15, -0.1) is 0 Å². The molecule has 0 spiro atoms. The fraction of sp³-hybridized carbons (Fsp3) is 0.545. The normalized spacial score (nSPS) is 22.1. The van der Waals surface area contributed by atoms with Crippen molar-refractivity contribution in [3.63, 3.8) is 0 Å². The molecule has 2 fully saturated rings. The van der Waals surface area contributed by atoms with Crippen LogP contribution in [-0.2, 0) is 9.59 Å². The van der Waals surface area contributed by atoms with Crippen LogP contribution in [-0.4, -0.2) is 78.8 Å². The van der Waals surface area contributed by atoms with Gasteiger partial charge >= 0.3 is 0 Å². The third-order valence-corrected chi connectivity index (χ3v) is 6.27. The molecule has 0 aromatic heterocycles. The van der Waals surface area contributed by atoms with Gasteiger partial charge in [-0.25, -0.2) is 0 Å². The van der Waals surface area contributed by atoms with Gasteiger partial charge in [-0.3, -0.25) is 29.4 Å². The third kappa shape index (κ3) is 4.33. The molecule has 2 saturated heterocycles. The summed E-state index contributed by atoms with van der Waals surface area (Å²) >= 11 is 0. The number of hydrogen-bond donors (Lipinski definition) is 2. The number of benzene rings is 1. The van der Waals surface area contributed by atoms with Crippen molar-refractivity contribution in [1.29, 1.82) is 0 Å². The Morgan fingerprint density at radius 1 is 1.10 bits per heavy atom. The van der Waals surface area contributed by atoms with E-state index < -0.39 is 29.7 Å². The largest absolute Gasteiger partial charge is 0.493 e. The minimum absolute atomic E-state index is 0.0950. The van der Waals surface area contributed by atoms with Gasteiger partial charge in [0.05, 0.1) is 17.7 Å². The summed E-state index contributed by atoms with van der Waals surface area (Å²) in [5.74, 6) is -1.72. The molecule has 1 atom stereocenters. The van der Waals surface area contributed by atoms with E-state index in [0.29, 0.717) is 18.4 Å². The molecule has 4 rings (SSSR count). The van der Waals surface area contributed by atoms with E-state index in [0.717, 1.165) is 43.8 Å². The highest BCUT2D eigenvalue weighted by Crippen LogP contribution is 2.33. The first-order valence-corrected chi connectivity index (χ1v) is 10.9. The summed E-state index contributed by atoms with van der Waals surface area (Å²) in [6.07, 6.45) is 3.29. The van der Waals surface area contributed by atoms with Gasteiger partial charge in [0.15, 0.2) is 0 Å².